The Morgan fingerprint density at radius 1 is 1.54 bits per heavy atom. The second kappa shape index (κ2) is 5.94. The van der Waals surface area contributed by atoms with Gasteiger partial charge in [0.25, 0.3) is 0 Å². The third-order valence-corrected chi connectivity index (χ3v) is 2.86. The first kappa shape index (κ1) is 12.4. The average molecular weight is 202 g/mol. The summed E-state index contributed by atoms with van der Waals surface area (Å²) in [6.07, 6.45) is 0. The highest BCUT2D eigenvalue weighted by Crippen LogP contribution is 2.04. The molecule has 4 heteroatoms. The van der Waals surface area contributed by atoms with Crippen LogP contribution in [0.2, 0.25) is 13.1 Å². The summed E-state index contributed by atoms with van der Waals surface area (Å²) in [6.45, 7) is 11.8. The maximum atomic E-state index is 11.2. The van der Waals surface area contributed by atoms with E-state index in [1.807, 2.05) is 6.92 Å². The molecule has 0 aliphatic carbocycles. The predicted octanol–water partition coefficient (Wildman–Crippen LogP) is 1.49. The second-order valence-electron chi connectivity index (χ2n) is 3.25. The van der Waals surface area contributed by atoms with Crippen LogP contribution in [0.5, 0.6) is 0 Å². The van der Waals surface area contributed by atoms with E-state index in [9.17, 15) is 4.79 Å². The van der Waals surface area contributed by atoms with Crippen molar-refractivity contribution >= 4 is 14.8 Å². The quantitative estimate of drug-likeness (QED) is 0.293. The van der Waals surface area contributed by atoms with Gasteiger partial charge in [0.15, 0.2) is 5.91 Å². The number of rotatable bonds is 5. The van der Waals surface area contributed by atoms with Crippen LogP contribution in [0.1, 0.15) is 13.8 Å². The summed E-state index contributed by atoms with van der Waals surface area (Å²) in [5.41, 5.74) is 0.416. The molecule has 0 aliphatic heterocycles. The molecule has 3 nitrogen and oxygen atoms in total. The molecule has 0 heterocycles. The summed E-state index contributed by atoms with van der Waals surface area (Å²) in [7, 11) is -1.11. The summed E-state index contributed by atoms with van der Waals surface area (Å²) < 4.78 is 10.4. The molecule has 0 saturated heterocycles. The van der Waals surface area contributed by atoms with Crippen molar-refractivity contribution in [1.29, 1.82) is 0 Å². The van der Waals surface area contributed by atoms with Crippen molar-refractivity contribution in [3.05, 3.63) is 12.2 Å². The zero-order valence-corrected chi connectivity index (χ0v) is 9.95. The van der Waals surface area contributed by atoms with Crippen molar-refractivity contribution in [2.45, 2.75) is 32.9 Å². The Labute approximate surface area is 81.3 Å². The molecule has 0 amide bonds. The molecule has 0 bridgehead atoms. The van der Waals surface area contributed by atoms with Crippen LogP contribution in [-0.2, 0) is 14.3 Å². The number of hydrogen-bond acceptors (Lipinski definition) is 3. The van der Waals surface area contributed by atoms with E-state index in [1.54, 1.807) is 6.92 Å². The largest absolute Gasteiger partial charge is 0.437 e. The molecule has 0 aromatic carbocycles. The van der Waals surface area contributed by atoms with Gasteiger partial charge >= 0.3 is 5.97 Å². The fourth-order valence-corrected chi connectivity index (χ4v) is 1.71. The molecule has 1 atom stereocenters. The minimum Gasteiger partial charge on any atom is -0.437 e. The van der Waals surface area contributed by atoms with Crippen LogP contribution >= 0.6 is 0 Å². The topological polar surface area (TPSA) is 35.5 Å². The zero-order chi connectivity index (χ0) is 10.4. The lowest BCUT2D eigenvalue weighted by Gasteiger charge is -2.20. The highest BCUT2D eigenvalue weighted by Gasteiger charge is 2.19. The molecule has 0 saturated carbocycles. The average Bonchev–Trinajstić information content (AvgIpc) is 2.03. The van der Waals surface area contributed by atoms with E-state index in [2.05, 4.69) is 19.7 Å². The van der Waals surface area contributed by atoms with Gasteiger partial charge in [0.05, 0.1) is 0 Å². The predicted molar refractivity (Wildman–Crippen MR) is 55.2 cm³/mol. The van der Waals surface area contributed by atoms with E-state index >= 15 is 0 Å². The molecule has 0 spiro atoms. The fraction of sp³-hybridized carbons (Fsp3) is 0.667. The minimum atomic E-state index is -1.11. The molecular formula is C9H18O3Si. The molecule has 0 N–H and O–H groups in total. The molecule has 76 valence electrons. The molecular weight excluding hydrogens is 184 g/mol. The van der Waals surface area contributed by atoms with Gasteiger partial charge in [-0.05, 0) is 13.8 Å². The Hall–Kier alpha value is -0.613. The van der Waals surface area contributed by atoms with Crippen LogP contribution in [-0.4, -0.2) is 27.3 Å². The standard InChI is InChI=1S/C9H18O3Si/c1-6-11-9(13(4)5)12-8(10)7(2)3/h9,13H,2,6H2,1,3-5H3. The van der Waals surface area contributed by atoms with Crippen molar-refractivity contribution in [2.24, 2.45) is 0 Å². The van der Waals surface area contributed by atoms with Gasteiger partial charge in [-0.1, -0.05) is 19.7 Å². The lowest BCUT2D eigenvalue weighted by atomic mass is 10.4. The number of carbonyl (C=O) groups excluding carboxylic acids is 1. The van der Waals surface area contributed by atoms with Crippen molar-refractivity contribution in [2.75, 3.05) is 6.61 Å². The van der Waals surface area contributed by atoms with Crippen LogP contribution in [0.3, 0.4) is 0 Å². The van der Waals surface area contributed by atoms with Crippen LogP contribution in [0.15, 0.2) is 12.2 Å². The summed E-state index contributed by atoms with van der Waals surface area (Å²) in [4.78, 5) is 11.2. The maximum Gasteiger partial charge on any atom is 0.335 e. The van der Waals surface area contributed by atoms with Crippen LogP contribution < -0.4 is 0 Å². The SMILES string of the molecule is C=C(C)C(=O)OC(OCC)[SiH](C)C. The Balaban J connectivity index is 4.09. The third-order valence-electron chi connectivity index (χ3n) is 1.45. The van der Waals surface area contributed by atoms with Gasteiger partial charge in [-0.2, -0.15) is 0 Å². The number of carbonyl (C=O) groups is 1. The smallest absolute Gasteiger partial charge is 0.335 e. The minimum absolute atomic E-state index is 0.325. The van der Waals surface area contributed by atoms with E-state index in [0.29, 0.717) is 12.2 Å². The molecule has 0 aliphatic rings. The van der Waals surface area contributed by atoms with E-state index in [4.69, 9.17) is 9.47 Å². The first-order chi connectivity index (χ1) is 5.99. The summed E-state index contributed by atoms with van der Waals surface area (Å²) in [5.74, 6) is -0.686. The molecule has 13 heavy (non-hydrogen) atoms. The zero-order valence-electron chi connectivity index (χ0n) is 8.79. The summed E-state index contributed by atoms with van der Waals surface area (Å²) in [5, 5.41) is 0. The van der Waals surface area contributed by atoms with Crippen LogP contribution in [0, 0.1) is 0 Å². The summed E-state index contributed by atoms with van der Waals surface area (Å²) in [6, 6.07) is 0. The van der Waals surface area contributed by atoms with E-state index in [0.717, 1.165) is 0 Å². The lowest BCUT2D eigenvalue weighted by Crippen LogP contribution is -2.33. The van der Waals surface area contributed by atoms with Crippen LogP contribution in [0.4, 0.5) is 0 Å². The van der Waals surface area contributed by atoms with Crippen molar-refractivity contribution in [3.63, 3.8) is 0 Å². The molecule has 0 rings (SSSR count). The molecule has 1 unspecified atom stereocenters. The Morgan fingerprint density at radius 2 is 2.08 bits per heavy atom. The highest BCUT2D eigenvalue weighted by atomic mass is 28.3. The number of ether oxygens (including phenoxy) is 2. The Morgan fingerprint density at radius 3 is 2.38 bits per heavy atom. The second-order valence-corrected chi connectivity index (χ2v) is 6.29. The van der Waals surface area contributed by atoms with Gasteiger partial charge in [-0.3, -0.25) is 0 Å². The fourth-order valence-electron chi connectivity index (χ4n) is 0.733. The molecule has 0 radical (unpaired) electrons. The molecule has 0 aromatic heterocycles. The first-order valence-electron chi connectivity index (χ1n) is 4.47. The van der Waals surface area contributed by atoms with E-state index in [1.165, 1.54) is 0 Å². The highest BCUT2D eigenvalue weighted by molar-refractivity contribution is 6.56. The van der Waals surface area contributed by atoms with Gasteiger partial charge < -0.3 is 9.47 Å². The van der Waals surface area contributed by atoms with Crippen molar-refractivity contribution in [1.82, 2.24) is 0 Å². The van der Waals surface area contributed by atoms with Gasteiger partial charge in [-0.25, -0.2) is 4.79 Å². The normalized spacial score (nSPS) is 12.7. The van der Waals surface area contributed by atoms with Gasteiger partial charge in [-0.15, -0.1) is 0 Å². The van der Waals surface area contributed by atoms with Gasteiger partial charge in [0.1, 0.15) is 8.80 Å². The Kier molecular flexibility index (Phi) is 5.66. The van der Waals surface area contributed by atoms with Crippen LogP contribution in [0.25, 0.3) is 0 Å². The number of hydrogen-bond donors (Lipinski definition) is 0. The lowest BCUT2D eigenvalue weighted by molar-refractivity contribution is -0.158. The maximum absolute atomic E-state index is 11.2. The third kappa shape index (κ3) is 4.85. The monoisotopic (exact) mass is 202 g/mol. The molecule has 0 aromatic rings. The van der Waals surface area contributed by atoms with E-state index in [-0.39, 0.29) is 11.9 Å². The van der Waals surface area contributed by atoms with Crippen molar-refractivity contribution in [3.8, 4) is 0 Å². The first-order valence-corrected chi connectivity index (χ1v) is 7.44. The van der Waals surface area contributed by atoms with Gasteiger partial charge in [0, 0.05) is 12.2 Å². The Bertz CT molecular complexity index is 189. The number of esters is 1. The van der Waals surface area contributed by atoms with Gasteiger partial charge in [0.2, 0.25) is 0 Å². The van der Waals surface area contributed by atoms with E-state index < -0.39 is 8.80 Å². The van der Waals surface area contributed by atoms with Crippen molar-refractivity contribution < 1.29 is 14.3 Å². The molecule has 0 fully saturated rings. The summed E-state index contributed by atoms with van der Waals surface area (Å²) >= 11 is 0.